The molecule has 0 aliphatic carbocycles. The van der Waals surface area contributed by atoms with Crippen LogP contribution in [0.1, 0.15) is 32.6 Å². The molecule has 2 aliphatic heterocycles. The number of anilines is 1. The number of hydrogen-bond acceptors (Lipinski definition) is 4. The van der Waals surface area contributed by atoms with Gasteiger partial charge in [0.2, 0.25) is 11.8 Å². The van der Waals surface area contributed by atoms with Crippen molar-refractivity contribution in [1.82, 2.24) is 15.5 Å². The molecule has 2 amide bonds. The lowest BCUT2D eigenvalue weighted by Gasteiger charge is -2.40. The second-order valence-corrected chi connectivity index (χ2v) is 6.89. The van der Waals surface area contributed by atoms with Gasteiger partial charge in [0.1, 0.15) is 12.1 Å². The summed E-state index contributed by atoms with van der Waals surface area (Å²) < 4.78 is 0. The molecule has 0 aromatic heterocycles. The molecular weight excluding hydrogens is 316 g/mol. The average molecular weight is 344 g/mol. The smallest absolute Gasteiger partial charge is 0.250 e. The monoisotopic (exact) mass is 344 g/mol. The number of rotatable bonds is 6. The third-order valence-electron chi connectivity index (χ3n) is 5.20. The van der Waals surface area contributed by atoms with Crippen LogP contribution in [-0.2, 0) is 9.59 Å². The zero-order valence-electron chi connectivity index (χ0n) is 15.0. The number of nitrogens with one attached hydrogen (secondary N) is 2. The fraction of sp³-hybridized carbons (Fsp3) is 0.579. The van der Waals surface area contributed by atoms with Crippen LogP contribution < -0.4 is 15.5 Å². The topological polar surface area (TPSA) is 64.7 Å². The fourth-order valence-corrected chi connectivity index (χ4v) is 3.80. The van der Waals surface area contributed by atoms with E-state index in [-0.39, 0.29) is 18.4 Å². The Hall–Kier alpha value is -2.08. The number of benzene rings is 1. The van der Waals surface area contributed by atoms with Crippen molar-refractivity contribution in [1.29, 1.82) is 0 Å². The minimum atomic E-state index is -0.518. The molecule has 6 heteroatoms. The van der Waals surface area contributed by atoms with Gasteiger partial charge in [-0.1, -0.05) is 31.5 Å². The van der Waals surface area contributed by atoms with Crippen molar-refractivity contribution in [2.45, 2.75) is 38.1 Å². The van der Waals surface area contributed by atoms with Gasteiger partial charge in [-0.3, -0.25) is 9.59 Å². The largest absolute Gasteiger partial charge is 0.355 e. The molecule has 0 atom stereocenters. The molecule has 2 heterocycles. The van der Waals surface area contributed by atoms with Gasteiger partial charge >= 0.3 is 0 Å². The van der Waals surface area contributed by atoms with Gasteiger partial charge in [0, 0.05) is 12.2 Å². The summed E-state index contributed by atoms with van der Waals surface area (Å²) in [7, 11) is 0. The Bertz CT molecular complexity index is 599. The van der Waals surface area contributed by atoms with E-state index in [9.17, 15) is 9.59 Å². The fourth-order valence-electron chi connectivity index (χ4n) is 3.80. The highest BCUT2D eigenvalue weighted by Gasteiger charge is 2.52. The van der Waals surface area contributed by atoms with E-state index in [4.69, 9.17) is 0 Å². The summed E-state index contributed by atoms with van der Waals surface area (Å²) in [5.41, 5.74) is 0.530. The molecule has 1 aromatic carbocycles. The number of carbonyl (C=O) groups is 2. The maximum Gasteiger partial charge on any atom is 0.250 e. The standard InChI is InChI=1S/C19H28N4O2/c1-2-3-11-21-17(24)14-22-15-23(16-7-5-4-6-8-16)19(18(22)25)9-12-20-13-10-19/h4-8,20H,2-3,9-15H2,1H3,(H,21,24). The molecule has 6 nitrogen and oxygen atoms in total. The lowest BCUT2D eigenvalue weighted by molar-refractivity contribution is -0.136. The van der Waals surface area contributed by atoms with Crippen LogP contribution in [0.25, 0.3) is 0 Å². The molecule has 1 spiro atoms. The minimum absolute atomic E-state index is 0.0687. The van der Waals surface area contributed by atoms with Crippen LogP contribution in [0, 0.1) is 0 Å². The summed E-state index contributed by atoms with van der Waals surface area (Å²) in [6.07, 6.45) is 3.55. The summed E-state index contributed by atoms with van der Waals surface area (Å²) in [6.45, 7) is 5.03. The summed E-state index contributed by atoms with van der Waals surface area (Å²) in [4.78, 5) is 29.3. The number of unbranched alkanes of at least 4 members (excludes halogenated alkanes) is 1. The summed E-state index contributed by atoms with van der Waals surface area (Å²) in [5.74, 6) is 0.0179. The zero-order valence-corrected chi connectivity index (χ0v) is 15.0. The first-order chi connectivity index (χ1) is 12.2. The molecule has 1 aromatic rings. The van der Waals surface area contributed by atoms with Gasteiger partial charge < -0.3 is 20.4 Å². The maximum atomic E-state index is 13.2. The molecular formula is C19H28N4O2. The highest BCUT2D eigenvalue weighted by Crippen LogP contribution is 2.37. The van der Waals surface area contributed by atoms with Gasteiger partial charge in [0.25, 0.3) is 0 Å². The van der Waals surface area contributed by atoms with Gasteiger partial charge in [-0.15, -0.1) is 0 Å². The predicted octanol–water partition coefficient (Wildman–Crippen LogP) is 1.33. The average Bonchev–Trinajstić information content (AvgIpc) is 2.89. The number of carbonyl (C=O) groups excluding carboxylic acids is 2. The van der Waals surface area contributed by atoms with Gasteiger partial charge in [-0.05, 0) is 44.5 Å². The van der Waals surface area contributed by atoms with E-state index < -0.39 is 5.54 Å². The van der Waals surface area contributed by atoms with E-state index in [0.717, 1.165) is 44.5 Å². The normalized spacial score (nSPS) is 19.5. The van der Waals surface area contributed by atoms with Crippen molar-refractivity contribution < 1.29 is 9.59 Å². The van der Waals surface area contributed by atoms with Crippen LogP contribution in [0.15, 0.2) is 30.3 Å². The molecule has 3 rings (SSSR count). The Morgan fingerprint density at radius 1 is 1.24 bits per heavy atom. The van der Waals surface area contributed by atoms with Crippen LogP contribution in [0.5, 0.6) is 0 Å². The molecule has 2 N–H and O–H groups in total. The van der Waals surface area contributed by atoms with Gasteiger partial charge in [0.05, 0.1) is 6.67 Å². The molecule has 2 fully saturated rings. The second kappa shape index (κ2) is 7.87. The SMILES string of the molecule is CCCCNC(=O)CN1CN(c2ccccc2)C2(CCNCC2)C1=O. The van der Waals surface area contributed by atoms with Crippen molar-refractivity contribution in [3.8, 4) is 0 Å². The van der Waals surface area contributed by atoms with E-state index in [2.05, 4.69) is 22.5 Å². The number of para-hydroxylation sites is 1. The molecule has 2 saturated heterocycles. The van der Waals surface area contributed by atoms with E-state index in [1.165, 1.54) is 0 Å². The van der Waals surface area contributed by atoms with E-state index in [1.807, 2.05) is 30.3 Å². The number of amides is 2. The van der Waals surface area contributed by atoms with Crippen molar-refractivity contribution in [2.75, 3.05) is 37.7 Å². The Kier molecular flexibility index (Phi) is 5.58. The van der Waals surface area contributed by atoms with Crippen molar-refractivity contribution in [2.24, 2.45) is 0 Å². The molecule has 136 valence electrons. The third-order valence-corrected chi connectivity index (χ3v) is 5.20. The van der Waals surface area contributed by atoms with Crippen LogP contribution in [0.4, 0.5) is 5.69 Å². The predicted molar refractivity (Wildman–Crippen MR) is 98.3 cm³/mol. The molecule has 2 aliphatic rings. The van der Waals surface area contributed by atoms with E-state index in [0.29, 0.717) is 13.2 Å². The third kappa shape index (κ3) is 3.63. The minimum Gasteiger partial charge on any atom is -0.355 e. The highest BCUT2D eigenvalue weighted by molar-refractivity contribution is 5.96. The Morgan fingerprint density at radius 3 is 2.64 bits per heavy atom. The second-order valence-electron chi connectivity index (χ2n) is 6.89. The van der Waals surface area contributed by atoms with Gasteiger partial charge in [-0.25, -0.2) is 0 Å². The maximum absolute atomic E-state index is 13.2. The quantitative estimate of drug-likeness (QED) is 0.764. The zero-order chi connectivity index (χ0) is 17.7. The number of nitrogens with zero attached hydrogens (tertiary/aromatic N) is 2. The molecule has 25 heavy (non-hydrogen) atoms. The lowest BCUT2D eigenvalue weighted by atomic mass is 9.86. The van der Waals surface area contributed by atoms with Crippen LogP contribution in [-0.4, -0.2) is 55.1 Å². The molecule has 0 radical (unpaired) electrons. The van der Waals surface area contributed by atoms with Gasteiger partial charge in [0.15, 0.2) is 0 Å². The van der Waals surface area contributed by atoms with Crippen molar-refractivity contribution >= 4 is 17.5 Å². The van der Waals surface area contributed by atoms with Crippen LogP contribution in [0.2, 0.25) is 0 Å². The molecule has 0 unspecified atom stereocenters. The Labute approximate surface area is 149 Å². The Morgan fingerprint density at radius 2 is 1.96 bits per heavy atom. The number of piperidine rings is 1. The van der Waals surface area contributed by atoms with Crippen LogP contribution >= 0.6 is 0 Å². The first-order valence-electron chi connectivity index (χ1n) is 9.27. The first kappa shape index (κ1) is 17.7. The van der Waals surface area contributed by atoms with Crippen molar-refractivity contribution in [3.05, 3.63) is 30.3 Å². The van der Waals surface area contributed by atoms with Crippen LogP contribution in [0.3, 0.4) is 0 Å². The highest BCUT2D eigenvalue weighted by atomic mass is 16.2. The van der Waals surface area contributed by atoms with Gasteiger partial charge in [-0.2, -0.15) is 0 Å². The summed E-state index contributed by atoms with van der Waals surface area (Å²) >= 11 is 0. The Balaban J connectivity index is 1.76. The summed E-state index contributed by atoms with van der Waals surface area (Å²) in [6, 6.07) is 10.1. The van der Waals surface area contributed by atoms with E-state index >= 15 is 0 Å². The van der Waals surface area contributed by atoms with E-state index in [1.54, 1.807) is 4.90 Å². The first-order valence-corrected chi connectivity index (χ1v) is 9.27. The number of hydrogen-bond donors (Lipinski definition) is 2. The summed E-state index contributed by atoms with van der Waals surface area (Å²) in [5, 5.41) is 6.26. The lowest BCUT2D eigenvalue weighted by Crippen LogP contribution is -2.55. The molecule has 0 saturated carbocycles. The molecule has 0 bridgehead atoms. The van der Waals surface area contributed by atoms with Crippen molar-refractivity contribution in [3.63, 3.8) is 0 Å².